The average molecular weight is 697 g/mol. The van der Waals surface area contributed by atoms with Gasteiger partial charge in [-0.05, 0) is 74.7 Å². The van der Waals surface area contributed by atoms with Gasteiger partial charge in [-0.1, -0.05) is 11.6 Å². The number of benzene rings is 2. The summed E-state index contributed by atoms with van der Waals surface area (Å²) in [6.45, 7) is 2.93. The number of aryl methyl sites for hydroxylation is 1. The van der Waals surface area contributed by atoms with Crippen LogP contribution in [0.2, 0.25) is 5.02 Å². The number of unbranched alkanes of at least 4 members (excludes halogenated alkanes) is 2. The first-order valence-electron chi connectivity index (χ1n) is 15.9. The molecule has 0 fully saturated rings. The van der Waals surface area contributed by atoms with Gasteiger partial charge in [0.25, 0.3) is 5.91 Å². The fraction of sp³-hybridized carbons (Fsp3) is 0.308. The van der Waals surface area contributed by atoms with Crippen molar-refractivity contribution in [3.05, 3.63) is 87.3 Å². The molecule has 2 aromatic carbocycles. The molecule has 0 aliphatic heterocycles. The highest BCUT2D eigenvalue weighted by atomic mass is 35.5. The van der Waals surface area contributed by atoms with Crippen LogP contribution in [0.1, 0.15) is 77.0 Å². The van der Waals surface area contributed by atoms with Crippen molar-refractivity contribution in [1.29, 1.82) is 0 Å². The second kappa shape index (κ2) is 17.7. The topological polar surface area (TPSA) is 123 Å². The smallest absolute Gasteiger partial charge is 0.315 e. The van der Waals surface area contributed by atoms with E-state index in [-0.39, 0.29) is 44.1 Å². The van der Waals surface area contributed by atoms with Gasteiger partial charge in [-0.2, -0.15) is 0 Å². The summed E-state index contributed by atoms with van der Waals surface area (Å²) in [5.41, 5.74) is 3.14. The highest BCUT2D eigenvalue weighted by molar-refractivity contribution is 6.30. The largest absolute Gasteiger partial charge is 0.497 e. The Balaban J connectivity index is 1.66. The number of esters is 3. The maximum atomic E-state index is 13.7. The van der Waals surface area contributed by atoms with Crippen LogP contribution in [-0.4, -0.2) is 40.5 Å². The molecule has 258 valence electrons. The Hall–Kier alpha value is -5.58. The summed E-state index contributed by atoms with van der Waals surface area (Å²) >= 11 is 6.05. The first-order valence-corrected chi connectivity index (χ1v) is 16.3. The van der Waals surface area contributed by atoms with Crippen LogP contribution in [0.5, 0.6) is 11.5 Å². The summed E-state index contributed by atoms with van der Waals surface area (Å²) in [7, 11) is 1.53. The van der Waals surface area contributed by atoms with Crippen LogP contribution >= 0.6 is 11.6 Å². The molecular formula is C39H37ClN2O8. The van der Waals surface area contributed by atoms with Crippen LogP contribution < -0.4 is 9.47 Å². The number of halogens is 1. The number of pyridine rings is 1. The van der Waals surface area contributed by atoms with Crippen LogP contribution in [0.25, 0.3) is 10.9 Å². The van der Waals surface area contributed by atoms with E-state index >= 15 is 0 Å². The van der Waals surface area contributed by atoms with Gasteiger partial charge >= 0.3 is 17.9 Å². The summed E-state index contributed by atoms with van der Waals surface area (Å²) in [5.74, 6) is 3.65. The molecule has 0 radical (unpaired) electrons. The number of carbonyl (C=O) groups excluding carboxylic acids is 4. The summed E-state index contributed by atoms with van der Waals surface area (Å²) < 4.78 is 23.9. The van der Waals surface area contributed by atoms with Crippen molar-refractivity contribution < 1.29 is 38.1 Å². The molecule has 11 heteroatoms. The predicted molar refractivity (Wildman–Crippen MR) is 188 cm³/mol. The number of nitrogens with zero attached hydrogens (tertiary/aromatic N) is 2. The molecule has 0 N–H and O–H groups in total. The second-order valence-corrected chi connectivity index (χ2v) is 11.8. The van der Waals surface area contributed by atoms with Gasteiger partial charge in [0.05, 0.1) is 24.7 Å². The molecule has 0 spiro atoms. The van der Waals surface area contributed by atoms with E-state index in [1.54, 1.807) is 56.3 Å². The number of hydrogen-bond donors (Lipinski definition) is 0. The third-order valence-corrected chi connectivity index (χ3v) is 8.20. The third kappa shape index (κ3) is 9.31. The molecule has 0 saturated carbocycles. The van der Waals surface area contributed by atoms with E-state index < -0.39 is 17.9 Å². The van der Waals surface area contributed by atoms with E-state index in [1.165, 1.54) is 17.9 Å². The second-order valence-electron chi connectivity index (χ2n) is 11.4. The molecule has 0 amide bonds. The van der Waals surface area contributed by atoms with Crippen LogP contribution in [0, 0.1) is 38.5 Å². The first-order chi connectivity index (χ1) is 24.1. The van der Waals surface area contributed by atoms with E-state index in [0.717, 1.165) is 0 Å². The molecule has 2 aromatic heterocycles. The fourth-order valence-electron chi connectivity index (χ4n) is 5.31. The molecule has 0 atom stereocenters. The van der Waals surface area contributed by atoms with Crippen LogP contribution in [0.15, 0.2) is 48.7 Å². The zero-order valence-electron chi connectivity index (χ0n) is 28.2. The van der Waals surface area contributed by atoms with Gasteiger partial charge < -0.3 is 18.9 Å². The van der Waals surface area contributed by atoms with Gasteiger partial charge in [0, 0.05) is 64.7 Å². The minimum absolute atomic E-state index is 0.0727. The van der Waals surface area contributed by atoms with E-state index in [1.807, 2.05) is 0 Å². The van der Waals surface area contributed by atoms with Gasteiger partial charge in [0.2, 0.25) is 0 Å². The van der Waals surface area contributed by atoms with Crippen molar-refractivity contribution in [2.75, 3.05) is 7.11 Å². The summed E-state index contributed by atoms with van der Waals surface area (Å²) in [6.07, 6.45) is 13.8. The van der Waals surface area contributed by atoms with Crippen molar-refractivity contribution in [3.63, 3.8) is 0 Å². The molecule has 50 heavy (non-hydrogen) atoms. The van der Waals surface area contributed by atoms with Gasteiger partial charge in [-0.15, -0.1) is 24.7 Å². The van der Waals surface area contributed by atoms with Crippen LogP contribution in [0.4, 0.5) is 0 Å². The van der Waals surface area contributed by atoms with E-state index in [2.05, 4.69) is 16.8 Å². The normalized spacial score (nSPS) is 10.6. The Morgan fingerprint density at radius 2 is 1.50 bits per heavy atom. The number of methoxy groups -OCH3 is 1. The van der Waals surface area contributed by atoms with E-state index in [0.29, 0.717) is 81.0 Å². The standard InChI is InChI=1S/C39H37ClN2O8/c1-6-8-10-12-35(43)48-23-28-22-41-25(3)38(33(28)24-49-36(44)13-11-9-7-2)50-37(45)21-31-26(4)42(34-19-18-30(47-5)20-32(31)34)39(46)27-14-16-29(40)17-15-27/h1-2,14-20,22H,8-13,21,23-24H2,3-5H3. The molecule has 4 rings (SSSR count). The lowest BCUT2D eigenvalue weighted by Gasteiger charge is -2.17. The number of aromatic nitrogens is 2. The highest BCUT2D eigenvalue weighted by Gasteiger charge is 2.25. The lowest BCUT2D eigenvalue weighted by molar-refractivity contribution is -0.146. The van der Waals surface area contributed by atoms with Crippen LogP contribution in [0.3, 0.4) is 0 Å². The molecule has 4 aromatic rings. The van der Waals surface area contributed by atoms with Gasteiger partial charge in [-0.3, -0.25) is 28.7 Å². The number of hydrogen-bond acceptors (Lipinski definition) is 9. The predicted octanol–water partition coefficient (Wildman–Crippen LogP) is 6.85. The van der Waals surface area contributed by atoms with Gasteiger partial charge in [0.1, 0.15) is 19.0 Å². The Kier molecular flexibility index (Phi) is 13.2. The monoisotopic (exact) mass is 696 g/mol. The van der Waals surface area contributed by atoms with E-state index in [9.17, 15) is 19.2 Å². The SMILES string of the molecule is C#CCCCC(=O)OCc1cnc(C)c(OC(=O)Cc2c(C)n(C(=O)c3ccc(Cl)cc3)c3ccc(OC)cc23)c1COC(=O)CCCC#C. The zero-order chi connectivity index (χ0) is 36.2. The first kappa shape index (κ1) is 37.2. The maximum Gasteiger partial charge on any atom is 0.315 e. The zero-order valence-corrected chi connectivity index (χ0v) is 28.9. The van der Waals surface area contributed by atoms with Gasteiger partial charge in [0.15, 0.2) is 5.75 Å². The van der Waals surface area contributed by atoms with Crippen LogP contribution in [-0.2, 0) is 43.5 Å². The lowest BCUT2D eigenvalue weighted by Crippen LogP contribution is -2.18. The minimum atomic E-state index is -0.663. The molecule has 0 saturated heterocycles. The summed E-state index contributed by atoms with van der Waals surface area (Å²) in [4.78, 5) is 56.7. The summed E-state index contributed by atoms with van der Waals surface area (Å²) in [5, 5.41) is 1.12. The van der Waals surface area contributed by atoms with Gasteiger partial charge in [-0.25, -0.2) is 0 Å². The lowest BCUT2D eigenvalue weighted by atomic mass is 10.1. The summed E-state index contributed by atoms with van der Waals surface area (Å²) in [6, 6.07) is 11.8. The molecular weight excluding hydrogens is 660 g/mol. The molecule has 0 aliphatic carbocycles. The number of terminal acetylenes is 2. The quantitative estimate of drug-likeness (QED) is 0.0746. The number of rotatable bonds is 15. The Morgan fingerprint density at radius 3 is 2.12 bits per heavy atom. The molecule has 0 unspecified atom stereocenters. The molecule has 0 bridgehead atoms. The fourth-order valence-corrected chi connectivity index (χ4v) is 5.43. The van der Waals surface area contributed by atoms with Crippen molar-refractivity contribution in [1.82, 2.24) is 9.55 Å². The van der Waals surface area contributed by atoms with Crippen molar-refractivity contribution in [2.45, 2.75) is 72.0 Å². The highest BCUT2D eigenvalue weighted by Crippen LogP contribution is 2.32. The van der Waals surface area contributed by atoms with Crippen molar-refractivity contribution in [2.24, 2.45) is 0 Å². The molecule has 10 nitrogen and oxygen atoms in total. The number of fused-ring (bicyclic) bond motifs is 1. The number of ether oxygens (including phenoxy) is 4. The Labute approximate surface area is 296 Å². The Bertz CT molecular complexity index is 1980. The van der Waals surface area contributed by atoms with Crippen molar-refractivity contribution >= 4 is 46.3 Å². The number of carbonyl (C=O) groups is 4. The van der Waals surface area contributed by atoms with E-state index in [4.69, 9.17) is 43.4 Å². The maximum absolute atomic E-state index is 13.7. The molecule has 2 heterocycles. The molecule has 0 aliphatic rings. The van der Waals surface area contributed by atoms with Crippen molar-refractivity contribution in [3.8, 4) is 36.2 Å². The average Bonchev–Trinajstić information content (AvgIpc) is 3.37. The Morgan fingerprint density at radius 1 is 0.860 bits per heavy atom. The minimum Gasteiger partial charge on any atom is -0.497 e. The third-order valence-electron chi connectivity index (χ3n) is 7.95.